The highest BCUT2D eigenvalue weighted by Gasteiger charge is 2.07. The average molecular weight is 260 g/mol. The first-order valence-corrected chi connectivity index (χ1v) is 5.87. The Morgan fingerprint density at radius 3 is 2.78 bits per heavy atom. The molecule has 0 radical (unpaired) electrons. The summed E-state index contributed by atoms with van der Waals surface area (Å²) in [5.74, 6) is 0. The fraction of sp³-hybridized carbons (Fsp3) is 0.0769. The molecule has 3 rings (SSSR count). The van der Waals surface area contributed by atoms with Crippen molar-refractivity contribution < 1.29 is 5.11 Å². The van der Waals surface area contributed by atoms with E-state index in [1.54, 1.807) is 16.8 Å². The standard InChI is InChI=1S/C13H10ClN3O/c14-11-7-10(6-5-9(11)8-18)17-13-4-2-1-3-12(13)15-16-17/h1-7,18H,8H2. The monoisotopic (exact) mass is 259 g/mol. The van der Waals surface area contributed by atoms with Gasteiger partial charge in [0.05, 0.1) is 17.8 Å². The minimum atomic E-state index is -0.0722. The number of aromatic nitrogens is 3. The van der Waals surface area contributed by atoms with E-state index in [9.17, 15) is 0 Å². The highest BCUT2D eigenvalue weighted by Crippen LogP contribution is 2.22. The van der Waals surface area contributed by atoms with Crippen LogP contribution < -0.4 is 0 Å². The highest BCUT2D eigenvalue weighted by molar-refractivity contribution is 6.31. The van der Waals surface area contributed by atoms with Gasteiger partial charge in [-0.2, -0.15) is 0 Å². The number of fused-ring (bicyclic) bond motifs is 1. The van der Waals surface area contributed by atoms with E-state index in [1.165, 1.54) is 0 Å². The van der Waals surface area contributed by atoms with Gasteiger partial charge in [0.1, 0.15) is 5.52 Å². The molecular weight excluding hydrogens is 250 g/mol. The third kappa shape index (κ3) is 1.75. The Hall–Kier alpha value is -1.91. The molecule has 0 aliphatic rings. The first-order chi connectivity index (χ1) is 8.79. The van der Waals surface area contributed by atoms with Gasteiger partial charge in [-0.15, -0.1) is 5.10 Å². The molecule has 0 unspecified atom stereocenters. The summed E-state index contributed by atoms with van der Waals surface area (Å²) in [6, 6.07) is 13.1. The molecule has 5 heteroatoms. The highest BCUT2D eigenvalue weighted by atomic mass is 35.5. The van der Waals surface area contributed by atoms with Crippen molar-refractivity contribution in [3.63, 3.8) is 0 Å². The number of aliphatic hydroxyl groups excluding tert-OH is 1. The topological polar surface area (TPSA) is 50.9 Å². The van der Waals surface area contributed by atoms with Gasteiger partial charge in [-0.1, -0.05) is 35.0 Å². The Bertz CT molecular complexity index is 708. The van der Waals surface area contributed by atoms with Crippen LogP contribution in [-0.2, 0) is 6.61 Å². The maximum atomic E-state index is 9.09. The number of hydrogen-bond acceptors (Lipinski definition) is 3. The molecule has 18 heavy (non-hydrogen) atoms. The first-order valence-electron chi connectivity index (χ1n) is 5.49. The summed E-state index contributed by atoms with van der Waals surface area (Å²) in [6.45, 7) is -0.0722. The Kier molecular flexibility index (Phi) is 2.74. The van der Waals surface area contributed by atoms with Crippen molar-refractivity contribution in [3.8, 4) is 5.69 Å². The molecule has 1 heterocycles. The molecule has 1 N–H and O–H groups in total. The maximum absolute atomic E-state index is 9.09. The molecule has 0 saturated carbocycles. The Balaban J connectivity index is 2.17. The lowest BCUT2D eigenvalue weighted by molar-refractivity contribution is 0.282. The van der Waals surface area contributed by atoms with Gasteiger partial charge in [-0.25, -0.2) is 4.68 Å². The van der Waals surface area contributed by atoms with E-state index < -0.39 is 0 Å². The zero-order valence-electron chi connectivity index (χ0n) is 9.42. The number of benzene rings is 2. The van der Waals surface area contributed by atoms with Crippen LogP contribution in [0.1, 0.15) is 5.56 Å². The lowest BCUT2D eigenvalue weighted by Crippen LogP contribution is -1.97. The SMILES string of the molecule is OCc1ccc(-n2nnc3ccccc32)cc1Cl. The van der Waals surface area contributed by atoms with Gasteiger partial charge < -0.3 is 5.11 Å². The molecule has 4 nitrogen and oxygen atoms in total. The molecule has 90 valence electrons. The summed E-state index contributed by atoms with van der Waals surface area (Å²) >= 11 is 6.08. The normalized spacial score (nSPS) is 11.0. The summed E-state index contributed by atoms with van der Waals surface area (Å²) in [5, 5.41) is 17.8. The molecule has 0 spiro atoms. The predicted molar refractivity (Wildman–Crippen MR) is 69.8 cm³/mol. The maximum Gasteiger partial charge on any atom is 0.113 e. The molecular formula is C13H10ClN3O. The van der Waals surface area contributed by atoms with E-state index >= 15 is 0 Å². The largest absolute Gasteiger partial charge is 0.392 e. The zero-order valence-corrected chi connectivity index (χ0v) is 10.2. The second-order valence-electron chi connectivity index (χ2n) is 3.92. The minimum Gasteiger partial charge on any atom is -0.392 e. The molecule has 0 aliphatic carbocycles. The van der Waals surface area contributed by atoms with E-state index in [0.717, 1.165) is 16.7 Å². The fourth-order valence-electron chi connectivity index (χ4n) is 1.86. The molecule has 0 aliphatic heterocycles. The van der Waals surface area contributed by atoms with Gasteiger partial charge in [0.2, 0.25) is 0 Å². The number of halogens is 1. The van der Waals surface area contributed by atoms with Crippen molar-refractivity contribution in [2.24, 2.45) is 0 Å². The number of aliphatic hydroxyl groups is 1. The van der Waals surface area contributed by atoms with Gasteiger partial charge in [0.25, 0.3) is 0 Å². The smallest absolute Gasteiger partial charge is 0.113 e. The van der Waals surface area contributed by atoms with Crippen LogP contribution in [0.2, 0.25) is 5.02 Å². The van der Waals surface area contributed by atoms with Crippen LogP contribution in [0.4, 0.5) is 0 Å². The lowest BCUT2D eigenvalue weighted by atomic mass is 10.2. The number of hydrogen-bond donors (Lipinski definition) is 1. The van der Waals surface area contributed by atoms with Crippen LogP contribution in [0.3, 0.4) is 0 Å². The summed E-state index contributed by atoms with van der Waals surface area (Å²) in [5.41, 5.74) is 3.28. The Morgan fingerprint density at radius 2 is 2.00 bits per heavy atom. The minimum absolute atomic E-state index is 0.0722. The van der Waals surface area contributed by atoms with E-state index in [0.29, 0.717) is 10.6 Å². The number of para-hydroxylation sites is 1. The van der Waals surface area contributed by atoms with E-state index in [-0.39, 0.29) is 6.61 Å². The summed E-state index contributed by atoms with van der Waals surface area (Å²) < 4.78 is 1.72. The van der Waals surface area contributed by atoms with E-state index in [1.807, 2.05) is 30.3 Å². The molecule has 3 aromatic rings. The Labute approximate surface area is 108 Å². The van der Waals surface area contributed by atoms with Crippen molar-refractivity contribution in [2.75, 3.05) is 0 Å². The van der Waals surface area contributed by atoms with Crippen molar-refractivity contribution in [1.29, 1.82) is 0 Å². The number of rotatable bonds is 2. The van der Waals surface area contributed by atoms with Crippen LogP contribution in [-0.4, -0.2) is 20.1 Å². The number of nitrogens with zero attached hydrogens (tertiary/aromatic N) is 3. The van der Waals surface area contributed by atoms with Gasteiger partial charge in [0.15, 0.2) is 0 Å². The third-order valence-electron chi connectivity index (χ3n) is 2.80. The zero-order chi connectivity index (χ0) is 12.5. The molecule has 0 fully saturated rings. The fourth-order valence-corrected chi connectivity index (χ4v) is 2.09. The van der Waals surface area contributed by atoms with Crippen LogP contribution in [0.15, 0.2) is 42.5 Å². The second-order valence-corrected chi connectivity index (χ2v) is 4.33. The second kappa shape index (κ2) is 4.40. The average Bonchev–Trinajstić information content (AvgIpc) is 2.82. The third-order valence-corrected chi connectivity index (χ3v) is 3.16. The summed E-state index contributed by atoms with van der Waals surface area (Å²) in [7, 11) is 0. The Morgan fingerprint density at radius 1 is 1.17 bits per heavy atom. The van der Waals surface area contributed by atoms with Crippen LogP contribution in [0.25, 0.3) is 16.7 Å². The van der Waals surface area contributed by atoms with Crippen LogP contribution in [0.5, 0.6) is 0 Å². The molecule has 1 aromatic heterocycles. The first kappa shape index (κ1) is 11.2. The molecule has 0 atom stereocenters. The van der Waals surface area contributed by atoms with Crippen molar-refractivity contribution in [1.82, 2.24) is 15.0 Å². The quantitative estimate of drug-likeness (QED) is 0.770. The van der Waals surface area contributed by atoms with E-state index in [4.69, 9.17) is 16.7 Å². The van der Waals surface area contributed by atoms with Gasteiger partial charge >= 0.3 is 0 Å². The van der Waals surface area contributed by atoms with Crippen LogP contribution >= 0.6 is 11.6 Å². The van der Waals surface area contributed by atoms with Crippen LogP contribution in [0, 0.1) is 0 Å². The molecule has 0 saturated heterocycles. The van der Waals surface area contributed by atoms with Gasteiger partial charge in [-0.3, -0.25) is 0 Å². The summed E-state index contributed by atoms with van der Waals surface area (Å²) in [4.78, 5) is 0. The molecule has 2 aromatic carbocycles. The summed E-state index contributed by atoms with van der Waals surface area (Å²) in [6.07, 6.45) is 0. The predicted octanol–water partition coefficient (Wildman–Crippen LogP) is 2.57. The molecule has 0 bridgehead atoms. The van der Waals surface area contributed by atoms with Gasteiger partial charge in [0, 0.05) is 5.02 Å². The van der Waals surface area contributed by atoms with Crippen molar-refractivity contribution in [3.05, 3.63) is 53.1 Å². The lowest BCUT2D eigenvalue weighted by Gasteiger charge is -2.05. The van der Waals surface area contributed by atoms with Crippen molar-refractivity contribution >= 4 is 22.6 Å². The van der Waals surface area contributed by atoms with Gasteiger partial charge in [-0.05, 0) is 29.8 Å². The van der Waals surface area contributed by atoms with Crippen molar-refractivity contribution in [2.45, 2.75) is 6.61 Å². The molecule has 0 amide bonds. The van der Waals surface area contributed by atoms with E-state index in [2.05, 4.69) is 10.3 Å².